The lowest BCUT2D eigenvalue weighted by Crippen LogP contribution is -1.95. The standard InChI is InChI=1S/C11H14O2S/c1-2-3-7-10-14(12,13)11-8-5-4-6-9-11/h4-10H,2-3H2,1H3/b10-7+. The summed E-state index contributed by atoms with van der Waals surface area (Å²) < 4.78 is 23.2. The van der Waals surface area contributed by atoms with E-state index in [4.69, 9.17) is 0 Å². The van der Waals surface area contributed by atoms with Gasteiger partial charge in [0.2, 0.25) is 0 Å². The van der Waals surface area contributed by atoms with Crippen molar-refractivity contribution in [2.45, 2.75) is 24.7 Å². The number of rotatable bonds is 4. The molecular weight excluding hydrogens is 196 g/mol. The van der Waals surface area contributed by atoms with Crippen LogP contribution in [0.4, 0.5) is 0 Å². The molecule has 0 unspecified atom stereocenters. The van der Waals surface area contributed by atoms with Gasteiger partial charge in [0.25, 0.3) is 0 Å². The van der Waals surface area contributed by atoms with Gasteiger partial charge in [0.15, 0.2) is 9.84 Å². The molecule has 0 atom stereocenters. The Labute approximate surface area is 85.2 Å². The monoisotopic (exact) mass is 210 g/mol. The van der Waals surface area contributed by atoms with Crippen LogP contribution in [0.3, 0.4) is 0 Å². The highest BCUT2D eigenvalue weighted by atomic mass is 32.2. The molecule has 0 N–H and O–H groups in total. The Kier molecular flexibility index (Phi) is 3.89. The second-order valence-corrected chi connectivity index (χ2v) is 4.85. The number of unbranched alkanes of at least 4 members (excludes halogenated alkanes) is 1. The van der Waals surface area contributed by atoms with Crippen molar-refractivity contribution in [2.24, 2.45) is 0 Å². The second-order valence-electron chi connectivity index (χ2n) is 3.02. The summed E-state index contributed by atoms with van der Waals surface area (Å²) in [6, 6.07) is 8.45. The fraction of sp³-hybridized carbons (Fsp3) is 0.273. The Bertz CT molecular complexity index is 391. The third-order valence-corrected chi connectivity index (χ3v) is 3.28. The van der Waals surface area contributed by atoms with E-state index < -0.39 is 9.84 Å². The first-order valence-electron chi connectivity index (χ1n) is 4.63. The molecule has 0 heterocycles. The van der Waals surface area contributed by atoms with Gasteiger partial charge in [0.05, 0.1) is 4.90 Å². The zero-order chi connectivity index (χ0) is 10.4. The number of hydrogen-bond donors (Lipinski definition) is 0. The van der Waals surface area contributed by atoms with E-state index in [9.17, 15) is 8.42 Å². The largest absolute Gasteiger partial charge is 0.219 e. The molecule has 76 valence electrons. The Hall–Kier alpha value is -1.09. The van der Waals surface area contributed by atoms with E-state index in [1.165, 1.54) is 5.41 Å². The van der Waals surface area contributed by atoms with Crippen LogP contribution in [0.2, 0.25) is 0 Å². The average Bonchev–Trinajstić information content (AvgIpc) is 2.19. The molecule has 0 aliphatic heterocycles. The first-order chi connectivity index (χ1) is 6.67. The second kappa shape index (κ2) is 4.96. The lowest BCUT2D eigenvalue weighted by molar-refractivity contribution is 0.604. The van der Waals surface area contributed by atoms with Gasteiger partial charge < -0.3 is 0 Å². The third-order valence-electron chi connectivity index (χ3n) is 1.80. The zero-order valence-electron chi connectivity index (χ0n) is 8.18. The molecule has 0 saturated heterocycles. The van der Waals surface area contributed by atoms with Crippen LogP contribution in [-0.2, 0) is 9.84 Å². The molecule has 0 bridgehead atoms. The van der Waals surface area contributed by atoms with Crippen LogP contribution in [-0.4, -0.2) is 8.42 Å². The summed E-state index contributed by atoms with van der Waals surface area (Å²) in [6.45, 7) is 2.01. The normalized spacial score (nSPS) is 12.1. The van der Waals surface area contributed by atoms with E-state index in [0.29, 0.717) is 4.90 Å². The molecule has 0 fully saturated rings. The van der Waals surface area contributed by atoms with Crippen LogP contribution in [0.1, 0.15) is 19.8 Å². The van der Waals surface area contributed by atoms with Gasteiger partial charge >= 0.3 is 0 Å². The van der Waals surface area contributed by atoms with E-state index in [-0.39, 0.29) is 0 Å². The lowest BCUT2D eigenvalue weighted by atomic mass is 10.3. The molecule has 0 spiro atoms. The van der Waals surface area contributed by atoms with Gasteiger partial charge in [-0.05, 0) is 18.6 Å². The highest BCUT2D eigenvalue weighted by Gasteiger charge is 2.07. The molecule has 2 nitrogen and oxygen atoms in total. The van der Waals surface area contributed by atoms with E-state index in [2.05, 4.69) is 0 Å². The van der Waals surface area contributed by atoms with Crippen molar-refractivity contribution in [1.29, 1.82) is 0 Å². The van der Waals surface area contributed by atoms with Crippen LogP contribution >= 0.6 is 0 Å². The summed E-state index contributed by atoms with van der Waals surface area (Å²) in [5, 5.41) is 1.28. The van der Waals surface area contributed by atoms with E-state index in [1.54, 1.807) is 36.4 Å². The van der Waals surface area contributed by atoms with Gasteiger partial charge in [-0.25, -0.2) is 8.42 Å². The Morgan fingerprint density at radius 2 is 1.86 bits per heavy atom. The van der Waals surface area contributed by atoms with Gasteiger partial charge in [-0.3, -0.25) is 0 Å². The predicted octanol–water partition coefficient (Wildman–Crippen LogP) is 2.77. The fourth-order valence-corrected chi connectivity index (χ4v) is 2.13. The highest BCUT2D eigenvalue weighted by Crippen LogP contribution is 2.11. The van der Waals surface area contributed by atoms with Gasteiger partial charge in [-0.2, -0.15) is 0 Å². The Morgan fingerprint density at radius 1 is 1.21 bits per heavy atom. The number of benzene rings is 1. The van der Waals surface area contributed by atoms with Crippen molar-refractivity contribution >= 4 is 9.84 Å². The van der Waals surface area contributed by atoms with Crippen molar-refractivity contribution in [3.8, 4) is 0 Å². The maximum Gasteiger partial charge on any atom is 0.199 e. The SMILES string of the molecule is CCC/C=C/S(=O)(=O)c1ccccc1. The Balaban J connectivity index is 2.87. The maximum absolute atomic E-state index is 11.6. The number of hydrogen-bond acceptors (Lipinski definition) is 2. The summed E-state index contributed by atoms with van der Waals surface area (Å²) in [4.78, 5) is 0.354. The van der Waals surface area contributed by atoms with Crippen LogP contribution in [0.25, 0.3) is 0 Å². The van der Waals surface area contributed by atoms with Crippen LogP contribution in [0, 0.1) is 0 Å². The predicted molar refractivity (Wildman–Crippen MR) is 57.7 cm³/mol. The van der Waals surface area contributed by atoms with Crippen LogP contribution < -0.4 is 0 Å². The topological polar surface area (TPSA) is 34.1 Å². The first kappa shape index (κ1) is 11.0. The smallest absolute Gasteiger partial charge is 0.199 e. The summed E-state index contributed by atoms with van der Waals surface area (Å²) >= 11 is 0. The lowest BCUT2D eigenvalue weighted by Gasteiger charge is -1.97. The molecule has 1 aromatic rings. The van der Waals surface area contributed by atoms with E-state index in [1.807, 2.05) is 6.92 Å². The van der Waals surface area contributed by atoms with Crippen molar-refractivity contribution < 1.29 is 8.42 Å². The van der Waals surface area contributed by atoms with Crippen molar-refractivity contribution in [3.05, 3.63) is 41.8 Å². The van der Waals surface area contributed by atoms with Gasteiger partial charge in [0, 0.05) is 5.41 Å². The summed E-state index contributed by atoms with van der Waals surface area (Å²) in [6.07, 6.45) is 3.45. The van der Waals surface area contributed by atoms with E-state index in [0.717, 1.165) is 12.8 Å². The van der Waals surface area contributed by atoms with Crippen molar-refractivity contribution in [3.63, 3.8) is 0 Å². The molecule has 0 aromatic heterocycles. The van der Waals surface area contributed by atoms with Crippen molar-refractivity contribution in [1.82, 2.24) is 0 Å². The number of sulfone groups is 1. The molecule has 0 aliphatic carbocycles. The van der Waals surface area contributed by atoms with Crippen LogP contribution in [0.5, 0.6) is 0 Å². The van der Waals surface area contributed by atoms with Gasteiger partial charge in [-0.1, -0.05) is 37.6 Å². The summed E-state index contributed by atoms with van der Waals surface area (Å²) in [5.41, 5.74) is 0. The van der Waals surface area contributed by atoms with Crippen LogP contribution in [0.15, 0.2) is 46.7 Å². The third kappa shape index (κ3) is 3.00. The fourth-order valence-electron chi connectivity index (χ4n) is 1.05. The first-order valence-corrected chi connectivity index (χ1v) is 6.18. The average molecular weight is 210 g/mol. The molecule has 1 aromatic carbocycles. The molecule has 0 amide bonds. The zero-order valence-corrected chi connectivity index (χ0v) is 9.00. The minimum atomic E-state index is -3.21. The van der Waals surface area contributed by atoms with Gasteiger partial charge in [-0.15, -0.1) is 0 Å². The molecule has 3 heteroatoms. The van der Waals surface area contributed by atoms with E-state index >= 15 is 0 Å². The quantitative estimate of drug-likeness (QED) is 0.765. The maximum atomic E-state index is 11.6. The van der Waals surface area contributed by atoms with Gasteiger partial charge in [0.1, 0.15) is 0 Å². The molecule has 0 radical (unpaired) electrons. The minimum Gasteiger partial charge on any atom is -0.219 e. The Morgan fingerprint density at radius 3 is 2.43 bits per heavy atom. The molecule has 1 rings (SSSR count). The summed E-state index contributed by atoms with van der Waals surface area (Å²) in [5.74, 6) is 0. The molecule has 0 aliphatic rings. The molecule has 14 heavy (non-hydrogen) atoms. The minimum absolute atomic E-state index is 0.354. The highest BCUT2D eigenvalue weighted by molar-refractivity contribution is 7.94. The molecular formula is C11H14O2S. The number of allylic oxidation sites excluding steroid dienone is 1. The van der Waals surface area contributed by atoms with Crippen molar-refractivity contribution in [2.75, 3.05) is 0 Å². The molecule has 0 saturated carbocycles. The summed E-state index contributed by atoms with van der Waals surface area (Å²) in [7, 11) is -3.21.